The quantitative estimate of drug-likeness (QED) is 0.117. The lowest BCUT2D eigenvalue weighted by Gasteiger charge is -2.29. The first-order chi connectivity index (χ1) is 24.6. The molecule has 0 fully saturated rings. The monoisotopic (exact) mass is 715 g/mol. The van der Waals surface area contributed by atoms with Gasteiger partial charge in [0.1, 0.15) is 36.1 Å². The van der Waals surface area contributed by atoms with Gasteiger partial charge in [-0.05, 0) is 79.5 Å². The van der Waals surface area contributed by atoms with E-state index in [-0.39, 0.29) is 30.9 Å². The molecule has 0 aliphatic heterocycles. The highest BCUT2D eigenvalue weighted by Crippen LogP contribution is 2.47. The standard InChI is InChI=1S/C39H49N5O8/c1-23(2)34(36(48)43-30(15-10-20-41-37(40)49)35(47)42-22-32(45)46)44-38(50)51-31(21-24-16-18-25(19-17-24)52-39(3,4)5)33-28-13-8-6-11-26(28)27-12-7-9-14-29(27)33/h6-9,11-14,16-19,23,30-31,33-34H,10,15,20-22H2,1-5H3,(H,42,47)(H,43,48)(H,44,50)(H,45,46)(H3,40,41,49). The Morgan fingerprint density at radius 1 is 0.827 bits per heavy atom. The minimum absolute atomic E-state index is 0.0644. The number of benzene rings is 3. The number of carbonyl (C=O) groups excluding carboxylic acids is 4. The Kier molecular flexibility index (Phi) is 13.2. The summed E-state index contributed by atoms with van der Waals surface area (Å²) < 4.78 is 12.3. The zero-order valence-corrected chi connectivity index (χ0v) is 30.2. The van der Waals surface area contributed by atoms with Gasteiger partial charge in [-0.1, -0.05) is 74.5 Å². The van der Waals surface area contributed by atoms with E-state index in [2.05, 4.69) is 33.4 Å². The molecule has 4 rings (SSSR count). The van der Waals surface area contributed by atoms with Gasteiger partial charge in [0.2, 0.25) is 11.8 Å². The molecule has 1 aliphatic rings. The van der Waals surface area contributed by atoms with Gasteiger partial charge in [-0.2, -0.15) is 0 Å². The van der Waals surface area contributed by atoms with Crippen molar-refractivity contribution in [1.29, 1.82) is 0 Å². The van der Waals surface area contributed by atoms with Gasteiger partial charge in [0.15, 0.2) is 0 Å². The van der Waals surface area contributed by atoms with Gasteiger partial charge in [0.25, 0.3) is 0 Å². The Balaban J connectivity index is 1.57. The number of carboxylic acid groups (broad SMARTS) is 1. The van der Waals surface area contributed by atoms with Gasteiger partial charge in [-0.25, -0.2) is 9.59 Å². The zero-order valence-electron chi connectivity index (χ0n) is 30.2. The van der Waals surface area contributed by atoms with Crippen molar-refractivity contribution in [2.45, 2.75) is 83.6 Å². The van der Waals surface area contributed by atoms with Crippen LogP contribution >= 0.6 is 0 Å². The Morgan fingerprint density at radius 3 is 1.96 bits per heavy atom. The first kappa shape index (κ1) is 39.2. The molecule has 0 saturated heterocycles. The highest BCUT2D eigenvalue weighted by atomic mass is 16.6. The molecule has 3 atom stereocenters. The summed E-state index contributed by atoms with van der Waals surface area (Å²) in [5.41, 5.74) is 9.83. The summed E-state index contributed by atoms with van der Waals surface area (Å²) >= 11 is 0. The number of fused-ring (bicyclic) bond motifs is 3. The normalized spacial score (nSPS) is 13.9. The van der Waals surface area contributed by atoms with E-state index in [1.807, 2.05) is 81.4 Å². The number of hydrogen-bond donors (Lipinski definition) is 6. The van der Waals surface area contributed by atoms with E-state index in [9.17, 15) is 24.0 Å². The Hall–Kier alpha value is -5.59. The average Bonchev–Trinajstić information content (AvgIpc) is 3.41. The second-order valence-corrected chi connectivity index (χ2v) is 14.1. The van der Waals surface area contributed by atoms with Crippen LogP contribution in [-0.4, -0.2) is 71.9 Å². The Labute approximate surface area is 304 Å². The van der Waals surface area contributed by atoms with Crippen LogP contribution in [0.25, 0.3) is 11.1 Å². The number of aliphatic carboxylic acids is 1. The number of carbonyl (C=O) groups is 5. The molecule has 0 radical (unpaired) electrons. The number of hydrogen-bond acceptors (Lipinski definition) is 7. The highest BCUT2D eigenvalue weighted by Gasteiger charge is 2.38. The van der Waals surface area contributed by atoms with Crippen molar-refractivity contribution >= 4 is 29.9 Å². The fourth-order valence-electron chi connectivity index (χ4n) is 6.27. The predicted molar refractivity (Wildman–Crippen MR) is 196 cm³/mol. The Morgan fingerprint density at radius 2 is 1.42 bits per heavy atom. The molecule has 52 heavy (non-hydrogen) atoms. The first-order valence-corrected chi connectivity index (χ1v) is 17.4. The number of primary amides is 1. The molecule has 3 aromatic rings. The Bertz CT molecular complexity index is 1690. The van der Waals surface area contributed by atoms with E-state index >= 15 is 0 Å². The third kappa shape index (κ3) is 11.0. The maximum Gasteiger partial charge on any atom is 0.408 e. The third-order valence-corrected chi connectivity index (χ3v) is 8.53. The van der Waals surface area contributed by atoms with Crippen LogP contribution in [0.3, 0.4) is 0 Å². The van der Waals surface area contributed by atoms with Gasteiger partial charge in [0.05, 0.1) is 0 Å². The fraction of sp³-hybridized carbons (Fsp3) is 0.410. The maximum atomic E-state index is 13.8. The van der Waals surface area contributed by atoms with Gasteiger partial charge in [-0.3, -0.25) is 14.4 Å². The van der Waals surface area contributed by atoms with E-state index in [1.54, 1.807) is 13.8 Å². The fourth-order valence-corrected chi connectivity index (χ4v) is 6.27. The molecule has 0 heterocycles. The zero-order chi connectivity index (χ0) is 38.0. The van der Waals surface area contributed by atoms with Crippen molar-refractivity contribution in [3.05, 3.63) is 89.5 Å². The lowest BCUT2D eigenvalue weighted by Crippen LogP contribution is -2.56. The van der Waals surface area contributed by atoms with E-state index in [4.69, 9.17) is 20.3 Å². The minimum Gasteiger partial charge on any atom is -0.488 e. The lowest BCUT2D eigenvalue weighted by molar-refractivity contribution is -0.138. The summed E-state index contributed by atoms with van der Waals surface area (Å²) in [6.07, 6.45) is -0.811. The van der Waals surface area contributed by atoms with Crippen molar-refractivity contribution in [2.24, 2.45) is 11.7 Å². The molecular formula is C39H49N5O8. The van der Waals surface area contributed by atoms with Crippen LogP contribution in [0.2, 0.25) is 0 Å². The lowest BCUT2D eigenvalue weighted by atomic mass is 9.87. The number of carboxylic acids is 1. The molecule has 1 aliphatic carbocycles. The maximum absolute atomic E-state index is 13.8. The third-order valence-electron chi connectivity index (χ3n) is 8.53. The largest absolute Gasteiger partial charge is 0.488 e. The number of nitrogens with two attached hydrogens (primary N) is 1. The molecule has 13 heteroatoms. The van der Waals surface area contributed by atoms with Crippen molar-refractivity contribution in [1.82, 2.24) is 21.3 Å². The molecule has 0 bridgehead atoms. The summed E-state index contributed by atoms with van der Waals surface area (Å²) in [7, 11) is 0. The van der Waals surface area contributed by atoms with Crippen LogP contribution in [0.4, 0.5) is 9.59 Å². The predicted octanol–water partition coefficient (Wildman–Crippen LogP) is 4.47. The van der Waals surface area contributed by atoms with Crippen molar-refractivity contribution < 1.29 is 38.6 Å². The molecule has 0 spiro atoms. The second-order valence-electron chi connectivity index (χ2n) is 14.1. The number of ether oxygens (including phenoxy) is 2. The summed E-state index contributed by atoms with van der Waals surface area (Å²) in [4.78, 5) is 62.4. The van der Waals surface area contributed by atoms with Crippen LogP contribution in [-0.2, 0) is 25.5 Å². The summed E-state index contributed by atoms with van der Waals surface area (Å²) in [6.45, 7) is 8.88. The number of nitrogens with one attached hydrogen (secondary N) is 4. The number of amides is 5. The van der Waals surface area contributed by atoms with Crippen LogP contribution < -0.4 is 31.7 Å². The van der Waals surface area contributed by atoms with Crippen LogP contribution in [0.15, 0.2) is 72.8 Å². The smallest absolute Gasteiger partial charge is 0.408 e. The van der Waals surface area contributed by atoms with E-state index in [0.717, 1.165) is 27.8 Å². The van der Waals surface area contributed by atoms with Crippen molar-refractivity contribution in [3.63, 3.8) is 0 Å². The van der Waals surface area contributed by atoms with Gasteiger partial charge in [0, 0.05) is 18.9 Å². The molecule has 278 valence electrons. The average molecular weight is 716 g/mol. The summed E-state index contributed by atoms with van der Waals surface area (Å²) in [6, 6.07) is 20.7. The topological polar surface area (TPSA) is 198 Å². The van der Waals surface area contributed by atoms with E-state index in [0.29, 0.717) is 12.2 Å². The van der Waals surface area contributed by atoms with Crippen molar-refractivity contribution in [3.8, 4) is 16.9 Å². The summed E-state index contributed by atoms with van der Waals surface area (Å²) in [5, 5.41) is 19.1. The van der Waals surface area contributed by atoms with Crippen LogP contribution in [0, 0.1) is 5.92 Å². The summed E-state index contributed by atoms with van der Waals surface area (Å²) in [5.74, 6) is -2.65. The first-order valence-electron chi connectivity index (χ1n) is 17.4. The molecule has 3 unspecified atom stereocenters. The SMILES string of the molecule is CC(C)C(NC(=O)OC(Cc1ccc(OC(C)(C)C)cc1)C1c2ccccc2-c2ccccc21)C(=O)NC(CCCNC(N)=O)C(=O)NCC(=O)O. The van der Waals surface area contributed by atoms with Gasteiger partial charge in [-0.15, -0.1) is 0 Å². The molecule has 0 aromatic heterocycles. The number of urea groups is 1. The van der Waals surface area contributed by atoms with Crippen molar-refractivity contribution in [2.75, 3.05) is 13.1 Å². The van der Waals surface area contributed by atoms with E-state index < -0.39 is 60.6 Å². The minimum atomic E-state index is -1.26. The van der Waals surface area contributed by atoms with Crippen LogP contribution in [0.5, 0.6) is 5.75 Å². The van der Waals surface area contributed by atoms with E-state index in [1.165, 1.54) is 0 Å². The number of rotatable bonds is 16. The molecule has 3 aromatic carbocycles. The molecule has 0 saturated carbocycles. The molecule has 13 nitrogen and oxygen atoms in total. The van der Waals surface area contributed by atoms with Crippen LogP contribution in [0.1, 0.15) is 70.1 Å². The second kappa shape index (κ2) is 17.6. The molecule has 7 N–H and O–H groups in total. The van der Waals surface area contributed by atoms with Gasteiger partial charge >= 0.3 is 18.1 Å². The highest BCUT2D eigenvalue weighted by molar-refractivity contribution is 5.92. The van der Waals surface area contributed by atoms with Gasteiger partial charge < -0.3 is 41.6 Å². The molecular weight excluding hydrogens is 666 g/mol. The molecule has 5 amide bonds. The number of alkyl carbamates (subject to hydrolysis) is 1.